The molecule has 0 saturated heterocycles. The topological polar surface area (TPSA) is 38.0 Å². The van der Waals surface area contributed by atoms with Crippen molar-refractivity contribution in [3.8, 4) is 0 Å². The Bertz CT molecular complexity index is 252. The molecule has 0 aliphatic rings. The van der Waals surface area contributed by atoms with Gasteiger partial charge in [0.25, 0.3) is 6.43 Å². The molecule has 14 heavy (non-hydrogen) atoms. The summed E-state index contributed by atoms with van der Waals surface area (Å²) >= 11 is 0. The Kier molecular flexibility index (Phi) is 4.49. The first-order valence-corrected chi connectivity index (χ1v) is 4.49. The second kappa shape index (κ2) is 5.67. The maximum absolute atomic E-state index is 11.8. The smallest absolute Gasteiger partial charge is 0.250 e. The molecule has 1 unspecified atom stereocenters. The van der Waals surface area contributed by atoms with E-state index in [0.29, 0.717) is 6.54 Å². The van der Waals surface area contributed by atoms with Gasteiger partial charge in [-0.1, -0.05) is 30.3 Å². The fraction of sp³-hybridized carbons (Fsp3) is 0.400. The van der Waals surface area contributed by atoms with Crippen LogP contribution in [0.25, 0.3) is 0 Å². The molecule has 0 heterocycles. The maximum atomic E-state index is 11.8. The van der Waals surface area contributed by atoms with Crippen molar-refractivity contribution in [1.82, 2.24) is 5.32 Å². The summed E-state index contributed by atoms with van der Waals surface area (Å²) in [4.78, 5) is 0. The van der Waals surface area contributed by atoms with Crippen LogP contribution in [0.1, 0.15) is 11.6 Å². The molecule has 1 aromatic carbocycles. The number of benzene rings is 1. The van der Waals surface area contributed by atoms with Gasteiger partial charge in [0, 0.05) is 12.6 Å². The molecule has 0 spiro atoms. The molecule has 0 saturated carbocycles. The van der Waals surface area contributed by atoms with Crippen molar-refractivity contribution in [3.05, 3.63) is 35.9 Å². The average Bonchev–Trinajstić information content (AvgIpc) is 2.18. The third-order valence-corrected chi connectivity index (χ3v) is 1.89. The SMILES string of the molecule is NC(CNCC(F)F)c1ccccc1. The molecular weight excluding hydrogens is 186 g/mol. The number of alkyl halides is 2. The standard InChI is InChI=1S/C10H14F2N2/c11-10(12)7-14-6-9(13)8-4-2-1-3-5-8/h1-5,9-10,14H,6-7,13H2. The zero-order valence-electron chi connectivity index (χ0n) is 7.79. The fourth-order valence-electron chi connectivity index (χ4n) is 1.17. The third-order valence-electron chi connectivity index (χ3n) is 1.89. The van der Waals surface area contributed by atoms with Crippen LogP contribution in [0.2, 0.25) is 0 Å². The van der Waals surface area contributed by atoms with Crippen molar-refractivity contribution >= 4 is 0 Å². The van der Waals surface area contributed by atoms with Gasteiger partial charge in [0.05, 0.1) is 6.54 Å². The number of nitrogens with two attached hydrogens (primary N) is 1. The van der Waals surface area contributed by atoms with E-state index in [-0.39, 0.29) is 12.6 Å². The number of halogens is 2. The first-order valence-electron chi connectivity index (χ1n) is 4.49. The molecule has 0 radical (unpaired) electrons. The minimum atomic E-state index is -2.32. The van der Waals surface area contributed by atoms with Gasteiger partial charge in [0.2, 0.25) is 0 Å². The molecule has 0 aliphatic heterocycles. The van der Waals surface area contributed by atoms with E-state index in [1.807, 2.05) is 30.3 Å². The zero-order valence-corrected chi connectivity index (χ0v) is 7.79. The summed E-state index contributed by atoms with van der Waals surface area (Å²) in [5.74, 6) is 0. The summed E-state index contributed by atoms with van der Waals surface area (Å²) in [6, 6.07) is 9.19. The van der Waals surface area contributed by atoms with Crippen molar-refractivity contribution in [2.24, 2.45) is 5.73 Å². The molecule has 1 rings (SSSR count). The number of hydrogen-bond donors (Lipinski definition) is 2. The van der Waals surface area contributed by atoms with E-state index in [2.05, 4.69) is 5.32 Å². The van der Waals surface area contributed by atoms with E-state index < -0.39 is 6.43 Å². The summed E-state index contributed by atoms with van der Waals surface area (Å²) in [7, 11) is 0. The van der Waals surface area contributed by atoms with Crippen molar-refractivity contribution in [2.45, 2.75) is 12.5 Å². The molecule has 4 heteroatoms. The molecular formula is C10H14F2N2. The van der Waals surface area contributed by atoms with Crippen LogP contribution < -0.4 is 11.1 Å². The lowest BCUT2D eigenvalue weighted by Crippen LogP contribution is -2.30. The Morgan fingerprint density at radius 1 is 1.14 bits per heavy atom. The normalized spacial score (nSPS) is 13.1. The predicted molar refractivity (Wildman–Crippen MR) is 52.2 cm³/mol. The largest absolute Gasteiger partial charge is 0.323 e. The van der Waals surface area contributed by atoms with Crippen LogP contribution in [0.15, 0.2) is 30.3 Å². The first kappa shape index (κ1) is 11.1. The number of rotatable bonds is 5. The van der Waals surface area contributed by atoms with Crippen molar-refractivity contribution in [1.29, 1.82) is 0 Å². The second-order valence-electron chi connectivity index (χ2n) is 3.07. The van der Waals surface area contributed by atoms with Gasteiger partial charge < -0.3 is 11.1 Å². The Balaban J connectivity index is 2.32. The summed E-state index contributed by atoms with van der Waals surface area (Å²) in [5, 5.41) is 2.61. The van der Waals surface area contributed by atoms with Gasteiger partial charge in [-0.3, -0.25) is 0 Å². The van der Waals surface area contributed by atoms with E-state index in [1.165, 1.54) is 0 Å². The van der Waals surface area contributed by atoms with Gasteiger partial charge in [-0.15, -0.1) is 0 Å². The lowest BCUT2D eigenvalue weighted by Gasteiger charge is -2.12. The molecule has 1 aromatic rings. The van der Waals surface area contributed by atoms with Gasteiger partial charge in [-0.2, -0.15) is 0 Å². The van der Waals surface area contributed by atoms with Gasteiger partial charge in [0.15, 0.2) is 0 Å². The molecule has 1 atom stereocenters. The zero-order chi connectivity index (χ0) is 10.4. The minimum absolute atomic E-state index is 0.227. The van der Waals surface area contributed by atoms with E-state index in [9.17, 15) is 8.78 Å². The van der Waals surface area contributed by atoms with Gasteiger partial charge in [-0.25, -0.2) is 8.78 Å². The molecule has 0 amide bonds. The summed E-state index contributed by atoms with van der Waals surface area (Å²) in [6.45, 7) is 0.0644. The van der Waals surface area contributed by atoms with Gasteiger partial charge in [-0.05, 0) is 5.56 Å². The van der Waals surface area contributed by atoms with Crippen LogP contribution in [0.5, 0.6) is 0 Å². The van der Waals surface area contributed by atoms with Crippen LogP contribution >= 0.6 is 0 Å². The van der Waals surface area contributed by atoms with Crippen LogP contribution in [-0.2, 0) is 0 Å². The molecule has 0 fully saturated rings. The molecule has 0 aromatic heterocycles. The van der Waals surface area contributed by atoms with E-state index in [1.54, 1.807) is 0 Å². The van der Waals surface area contributed by atoms with Crippen LogP contribution in [0, 0.1) is 0 Å². The quantitative estimate of drug-likeness (QED) is 0.756. The fourth-order valence-corrected chi connectivity index (χ4v) is 1.17. The van der Waals surface area contributed by atoms with Crippen molar-refractivity contribution in [3.63, 3.8) is 0 Å². The highest BCUT2D eigenvalue weighted by molar-refractivity contribution is 5.18. The highest BCUT2D eigenvalue weighted by Gasteiger charge is 2.06. The van der Waals surface area contributed by atoms with E-state index in [0.717, 1.165) is 5.56 Å². The monoisotopic (exact) mass is 200 g/mol. The Labute approximate surface area is 82.1 Å². The summed E-state index contributed by atoms with van der Waals surface area (Å²) in [6.07, 6.45) is -2.32. The Hall–Kier alpha value is -1.00. The predicted octanol–water partition coefficient (Wildman–Crippen LogP) is 1.54. The Morgan fingerprint density at radius 3 is 2.36 bits per heavy atom. The van der Waals surface area contributed by atoms with Crippen LogP contribution in [0.4, 0.5) is 8.78 Å². The molecule has 3 N–H and O–H groups in total. The molecule has 0 bridgehead atoms. The lowest BCUT2D eigenvalue weighted by atomic mass is 10.1. The summed E-state index contributed by atoms with van der Waals surface area (Å²) < 4.78 is 23.6. The molecule has 0 aliphatic carbocycles. The average molecular weight is 200 g/mol. The highest BCUT2D eigenvalue weighted by Crippen LogP contribution is 2.07. The van der Waals surface area contributed by atoms with Crippen molar-refractivity contribution in [2.75, 3.05) is 13.1 Å². The molecule has 2 nitrogen and oxygen atoms in total. The second-order valence-corrected chi connectivity index (χ2v) is 3.07. The van der Waals surface area contributed by atoms with Gasteiger partial charge >= 0.3 is 0 Å². The van der Waals surface area contributed by atoms with Crippen LogP contribution in [0.3, 0.4) is 0 Å². The summed E-state index contributed by atoms with van der Waals surface area (Å²) in [5.41, 5.74) is 6.73. The number of nitrogens with one attached hydrogen (secondary N) is 1. The Morgan fingerprint density at radius 2 is 1.79 bits per heavy atom. The van der Waals surface area contributed by atoms with E-state index >= 15 is 0 Å². The van der Waals surface area contributed by atoms with E-state index in [4.69, 9.17) is 5.73 Å². The number of hydrogen-bond acceptors (Lipinski definition) is 2. The van der Waals surface area contributed by atoms with Crippen molar-refractivity contribution < 1.29 is 8.78 Å². The van der Waals surface area contributed by atoms with Gasteiger partial charge in [0.1, 0.15) is 0 Å². The molecule has 78 valence electrons. The highest BCUT2D eigenvalue weighted by atomic mass is 19.3. The first-order chi connectivity index (χ1) is 6.70. The minimum Gasteiger partial charge on any atom is -0.323 e. The lowest BCUT2D eigenvalue weighted by molar-refractivity contribution is 0.145. The maximum Gasteiger partial charge on any atom is 0.250 e. The van der Waals surface area contributed by atoms with Crippen LogP contribution in [-0.4, -0.2) is 19.5 Å². The third kappa shape index (κ3) is 3.81.